The van der Waals surface area contributed by atoms with Gasteiger partial charge in [0.05, 0.1) is 6.26 Å². The highest BCUT2D eigenvalue weighted by Gasteiger charge is 2.27. The van der Waals surface area contributed by atoms with Crippen LogP contribution in [0.25, 0.3) is 0 Å². The van der Waals surface area contributed by atoms with Gasteiger partial charge in [0, 0.05) is 43.3 Å². The van der Waals surface area contributed by atoms with E-state index < -0.39 is 0 Å². The minimum atomic E-state index is 0.115. The molecule has 5 heteroatoms. The molecule has 1 aromatic carbocycles. The highest BCUT2D eigenvalue weighted by molar-refractivity contribution is 7.12. The van der Waals surface area contributed by atoms with E-state index in [0.29, 0.717) is 21.7 Å². The van der Waals surface area contributed by atoms with Gasteiger partial charge in [0.2, 0.25) is 0 Å². The normalized spacial score (nSPS) is 11.9. The second-order valence-corrected chi connectivity index (χ2v) is 36.8. The second-order valence-electron chi connectivity index (χ2n) is 34.8. The lowest BCUT2D eigenvalue weighted by Gasteiger charge is -2.24. The Balaban J connectivity index is -0.000000233. The van der Waals surface area contributed by atoms with Gasteiger partial charge in [-0.15, -0.1) is 22.7 Å². The number of hydrogen-bond acceptors (Lipinski definition) is 5. The molecular weight excluding hydrogens is 1160 g/mol. The van der Waals surface area contributed by atoms with Crippen molar-refractivity contribution in [2.75, 3.05) is 0 Å². The highest BCUT2D eigenvalue weighted by atomic mass is 32.1. The number of benzene rings is 1. The van der Waals surface area contributed by atoms with Crippen LogP contribution >= 0.6 is 22.7 Å². The molecule has 92 heavy (non-hydrogen) atoms. The lowest BCUT2D eigenvalue weighted by atomic mass is 9.81. The molecule has 0 fully saturated rings. The maximum atomic E-state index is 5.81. The Labute approximate surface area is 586 Å². The van der Waals surface area contributed by atoms with Crippen LogP contribution in [0.3, 0.4) is 0 Å². The predicted octanol–water partition coefficient (Wildman–Crippen LogP) is 30.6. The molecule has 3 nitrogen and oxygen atoms in total. The number of thiophene rings is 2. The van der Waals surface area contributed by atoms with E-state index in [1.165, 1.54) is 48.0 Å². The van der Waals surface area contributed by atoms with Crippen LogP contribution in [-0.4, -0.2) is 4.98 Å². The summed E-state index contributed by atoms with van der Waals surface area (Å²) in [5.74, 6) is 3.20. The molecule has 0 amide bonds. The molecular formula is C87H159NO2S2. The van der Waals surface area contributed by atoms with Crippen molar-refractivity contribution < 1.29 is 8.83 Å². The number of nitrogens with zero attached hydrogens (tertiary/aromatic N) is 1. The van der Waals surface area contributed by atoms with Crippen molar-refractivity contribution >= 4 is 22.7 Å². The standard InChI is InChI=1S/C14H22.C13H21N.2C12H20O.2C12H20S.6C2H6/c1-13(2,3)11-8-7-9-12(10-11)14(4,5)6;1-12(2,3)10-7-11(9-14-8-10)13(4,5)6;1-11(2,3)9-7-10(13-8-9)12(4,5)6;1-11(2,3)9-7-8-10(13-9)12(4,5)6;1-11(2,3)9-7-10(13-8-9)12(4,5)6;1-11(2,3)9-7-8-10(13-9)12(4,5)6;6*1-2/h7-10H,1-6H3;7-9H,1-6H3;4*7-8H,1-6H3;6*1-2H3. The third-order valence-electron chi connectivity index (χ3n) is 13.6. The molecule has 6 rings (SSSR count). The monoisotopic (exact) mass is 1310 g/mol. The zero-order valence-electron chi connectivity index (χ0n) is 70.7. The molecule has 0 saturated carbocycles. The Bertz CT molecular complexity index is 2260. The highest BCUT2D eigenvalue weighted by Crippen LogP contribution is 2.37. The van der Waals surface area contributed by atoms with Crippen LogP contribution in [0, 0.1) is 0 Å². The van der Waals surface area contributed by atoms with Gasteiger partial charge >= 0.3 is 0 Å². The average molecular weight is 1320 g/mol. The number of rotatable bonds is 0. The third kappa shape index (κ3) is 40.7. The van der Waals surface area contributed by atoms with E-state index in [9.17, 15) is 0 Å². The van der Waals surface area contributed by atoms with Crippen molar-refractivity contribution in [3.8, 4) is 0 Å². The lowest BCUT2D eigenvalue weighted by Crippen LogP contribution is -2.16. The molecule has 0 radical (unpaired) electrons. The summed E-state index contributed by atoms with van der Waals surface area (Å²) < 4.78 is 11.4. The van der Waals surface area contributed by atoms with E-state index in [0.717, 1.165) is 17.3 Å². The molecule has 0 N–H and O–H groups in total. The zero-order chi connectivity index (χ0) is 75.1. The lowest BCUT2D eigenvalue weighted by molar-refractivity contribution is 0.344. The van der Waals surface area contributed by atoms with Gasteiger partial charge in [0.1, 0.15) is 17.3 Å². The topological polar surface area (TPSA) is 39.2 Å². The van der Waals surface area contributed by atoms with Gasteiger partial charge in [0.25, 0.3) is 0 Å². The van der Waals surface area contributed by atoms with E-state index >= 15 is 0 Å². The van der Waals surface area contributed by atoms with Gasteiger partial charge in [-0.2, -0.15) is 0 Å². The third-order valence-corrected chi connectivity index (χ3v) is 16.9. The van der Waals surface area contributed by atoms with Crippen LogP contribution in [-0.2, 0) is 65.0 Å². The molecule has 6 aromatic rings. The summed E-state index contributed by atoms with van der Waals surface area (Å²) in [6.07, 6.45) is 5.81. The summed E-state index contributed by atoms with van der Waals surface area (Å²) in [7, 11) is 0. The molecule has 0 aliphatic heterocycles. The summed E-state index contributed by atoms with van der Waals surface area (Å²) >= 11 is 3.83. The van der Waals surface area contributed by atoms with Crippen molar-refractivity contribution in [3.05, 3.63) is 156 Å². The largest absolute Gasteiger partial charge is 0.468 e. The van der Waals surface area contributed by atoms with E-state index in [1.54, 1.807) is 0 Å². The maximum absolute atomic E-state index is 5.81. The summed E-state index contributed by atoms with van der Waals surface area (Å²) in [4.78, 5) is 8.77. The van der Waals surface area contributed by atoms with Crippen LogP contribution in [0.1, 0.15) is 398 Å². The molecule has 0 unspecified atom stereocenters. The molecule has 0 aliphatic carbocycles. The second kappa shape index (κ2) is 42.1. The molecule has 0 aliphatic rings. The first-order valence-corrected chi connectivity index (χ1v) is 37.4. The van der Waals surface area contributed by atoms with Crippen molar-refractivity contribution in [3.63, 3.8) is 0 Å². The summed E-state index contributed by atoms with van der Waals surface area (Å²) in [6.45, 7) is 104. The van der Waals surface area contributed by atoms with Crippen molar-refractivity contribution in [1.82, 2.24) is 4.98 Å². The maximum Gasteiger partial charge on any atom is 0.109 e. The van der Waals surface area contributed by atoms with E-state index in [2.05, 4.69) is 326 Å². The van der Waals surface area contributed by atoms with Gasteiger partial charge in [-0.1, -0.05) is 363 Å². The number of furan rings is 2. The zero-order valence-corrected chi connectivity index (χ0v) is 72.4. The molecule has 0 bridgehead atoms. The molecule has 5 aromatic heterocycles. The summed E-state index contributed by atoms with van der Waals surface area (Å²) in [6, 6.07) is 24.4. The number of pyridine rings is 1. The molecule has 0 atom stereocenters. The minimum absolute atomic E-state index is 0.115. The van der Waals surface area contributed by atoms with Gasteiger partial charge < -0.3 is 8.83 Å². The first-order chi connectivity index (χ1) is 41.3. The van der Waals surface area contributed by atoms with E-state index in [4.69, 9.17) is 8.83 Å². The van der Waals surface area contributed by atoms with Crippen LogP contribution in [0.4, 0.5) is 0 Å². The van der Waals surface area contributed by atoms with Crippen molar-refractivity contribution in [2.24, 2.45) is 0 Å². The van der Waals surface area contributed by atoms with E-state index in [-0.39, 0.29) is 43.3 Å². The molecule has 5 heterocycles. The van der Waals surface area contributed by atoms with Gasteiger partial charge in [-0.25, -0.2) is 0 Å². The fraction of sp³-hybridized carbons (Fsp3) is 0.690. The van der Waals surface area contributed by atoms with Crippen LogP contribution in [0.5, 0.6) is 0 Å². The van der Waals surface area contributed by atoms with Gasteiger partial charge in [-0.3, -0.25) is 4.98 Å². The SMILES string of the molecule is CC.CC.CC.CC.CC.CC.CC(C)(C)c1ccc(C(C)(C)C)o1.CC(C)(C)c1ccc(C(C)(C)C)s1.CC(C)(C)c1cccc(C(C)(C)C)c1.CC(C)(C)c1cncc(C(C)(C)C)c1.CC(C)(C)c1coc(C(C)(C)C)c1.CC(C)(C)c1csc(C(C)(C)C)c1. The first-order valence-electron chi connectivity index (χ1n) is 35.7. The number of aromatic nitrogens is 1. The van der Waals surface area contributed by atoms with Crippen molar-refractivity contribution in [2.45, 2.75) is 397 Å². The van der Waals surface area contributed by atoms with Crippen LogP contribution in [0.15, 0.2) is 99.6 Å². The smallest absolute Gasteiger partial charge is 0.109 e. The van der Waals surface area contributed by atoms with Crippen molar-refractivity contribution in [1.29, 1.82) is 0 Å². The fourth-order valence-electron chi connectivity index (χ4n) is 7.25. The van der Waals surface area contributed by atoms with Crippen LogP contribution < -0.4 is 0 Å². The Morgan fingerprint density at radius 2 is 0.543 bits per heavy atom. The Kier molecular flexibility index (Phi) is 45.5. The number of hydrogen-bond donors (Lipinski definition) is 0. The quantitative estimate of drug-likeness (QED) is 0.152. The van der Waals surface area contributed by atoms with E-state index in [1.807, 2.05) is 124 Å². The Hall–Kier alpha value is -3.67. The van der Waals surface area contributed by atoms with Crippen LogP contribution in [0.2, 0.25) is 0 Å². The average Bonchev–Trinajstić information content (AvgIpc) is 1.19. The predicted molar refractivity (Wildman–Crippen MR) is 429 cm³/mol. The molecule has 0 spiro atoms. The molecule has 0 saturated heterocycles. The fourth-order valence-corrected chi connectivity index (χ4v) is 9.59. The minimum Gasteiger partial charge on any atom is -0.468 e. The van der Waals surface area contributed by atoms with Gasteiger partial charge in [0.15, 0.2) is 0 Å². The summed E-state index contributed by atoms with van der Waals surface area (Å²) in [5.41, 5.74) is 10.8. The Morgan fingerprint density at radius 3 is 0.739 bits per heavy atom. The summed E-state index contributed by atoms with van der Waals surface area (Å²) in [5, 5.41) is 2.29. The molecule has 536 valence electrons. The Morgan fingerprint density at radius 1 is 0.261 bits per heavy atom. The van der Waals surface area contributed by atoms with Gasteiger partial charge in [-0.05, 0) is 124 Å². The first kappa shape index (κ1) is 99.4.